The highest BCUT2D eigenvalue weighted by Gasteiger charge is 2.30. The maximum atomic E-state index is 12.8. The van der Waals surface area contributed by atoms with Gasteiger partial charge in [0.15, 0.2) is 69.0 Å². The van der Waals surface area contributed by atoms with Gasteiger partial charge in [-0.05, 0) is 203 Å². The second kappa shape index (κ2) is 49.3. The van der Waals surface area contributed by atoms with Gasteiger partial charge in [0.1, 0.15) is 85.1 Å². The fourth-order valence-electron chi connectivity index (χ4n) is 12.8. The predicted molar refractivity (Wildman–Crippen MR) is 521 cm³/mol. The minimum atomic E-state index is -4.38. The van der Waals surface area contributed by atoms with Gasteiger partial charge in [-0.15, -0.1) is 0 Å². The van der Waals surface area contributed by atoms with E-state index in [0.717, 1.165) is 50.1 Å². The maximum absolute atomic E-state index is 12.8. The lowest BCUT2D eigenvalue weighted by atomic mass is 10.1. The van der Waals surface area contributed by atoms with Crippen LogP contribution in [0.3, 0.4) is 0 Å². The highest BCUT2D eigenvalue weighted by molar-refractivity contribution is 9.10. The standard InChI is InChI=1S/C19H20N2O3.C18H14F3NO3.C17H14BrNO3.C17H14ClNO3.C17H14FNO3.C17H15NO3/c1-21(2)16-7-3-14(4-8-16)5-10-19(22)20-15-6-9-17-18(13-15)24-12-11-23-17;19-18(20,21)13-4-1-12(2-5-13)3-8-17(23)22-14-6-7-15-16(11-14)25-10-9-24-15;3*18-13-4-1-12(2-5-13)3-8-17(20)19-14-6-7-15-16(11-14)22-10-9-21-15;19-17(9-6-13-4-2-1-3-5-13)18-14-7-8-15-16(12-14)21-11-10-20-15/h3-10,13H,11-12H2,1-2H3,(H,20,22);1-8,11H,9-10H2,(H,22,23);3*1-8,11H,9-10H2,(H,19,20);1-9,12H,10-11H2,(H,18,19)/b10-5+;4*8-3+;9-6+. The molecular formula is C105H91BrClF4N7O18. The topological polar surface area (TPSA) is 289 Å². The van der Waals surface area contributed by atoms with Crippen molar-refractivity contribution in [3.05, 3.63) is 352 Å². The fraction of sp³-hybridized carbons (Fsp3) is 0.143. The number of amides is 6. The van der Waals surface area contributed by atoms with E-state index in [1.54, 1.807) is 164 Å². The third-order valence-electron chi connectivity index (χ3n) is 19.5. The first-order valence-electron chi connectivity index (χ1n) is 42.6. The third-order valence-corrected chi connectivity index (χ3v) is 20.3. The van der Waals surface area contributed by atoms with Crippen molar-refractivity contribution in [3.8, 4) is 69.0 Å². The lowest BCUT2D eigenvalue weighted by Gasteiger charge is -2.18. The van der Waals surface area contributed by atoms with Crippen LogP contribution in [0, 0.1) is 5.82 Å². The molecule has 0 unspecified atom stereocenters. The van der Waals surface area contributed by atoms with Gasteiger partial charge in [-0.2, -0.15) is 13.2 Å². The van der Waals surface area contributed by atoms with Crippen LogP contribution in [0.4, 0.5) is 57.4 Å². The molecule has 0 fully saturated rings. The maximum Gasteiger partial charge on any atom is 0.416 e. The molecule has 6 aliphatic heterocycles. The Bertz CT molecular complexity index is 6030. The molecule has 12 aromatic carbocycles. The van der Waals surface area contributed by atoms with E-state index in [1.807, 2.05) is 110 Å². The molecule has 6 aliphatic rings. The fourth-order valence-corrected chi connectivity index (χ4v) is 13.2. The first-order valence-corrected chi connectivity index (χ1v) is 43.7. The molecule has 0 aliphatic carbocycles. The quantitative estimate of drug-likeness (QED) is 0.0324. The van der Waals surface area contributed by atoms with Crippen molar-refractivity contribution in [2.24, 2.45) is 0 Å². The van der Waals surface area contributed by atoms with Crippen LogP contribution in [-0.4, -0.2) is 129 Å². The average molecular weight is 1930 g/mol. The van der Waals surface area contributed by atoms with E-state index in [4.69, 9.17) is 68.4 Å². The number of ether oxygens (including phenoxy) is 12. The summed E-state index contributed by atoms with van der Waals surface area (Å²) in [6, 6.07) is 74.7. The largest absolute Gasteiger partial charge is 0.486 e. The normalized spacial score (nSPS) is 13.2. The smallest absolute Gasteiger partial charge is 0.416 e. The van der Waals surface area contributed by atoms with Crippen LogP contribution in [0.5, 0.6) is 69.0 Å². The zero-order chi connectivity index (χ0) is 95.4. The lowest BCUT2D eigenvalue weighted by molar-refractivity contribution is -0.137. The molecule has 0 atom stereocenters. The van der Waals surface area contributed by atoms with Crippen LogP contribution in [0.2, 0.25) is 5.02 Å². The Morgan fingerprint density at radius 1 is 0.287 bits per heavy atom. The summed E-state index contributed by atoms with van der Waals surface area (Å²) < 4.78 is 117. The molecule has 136 heavy (non-hydrogen) atoms. The molecule has 0 bridgehead atoms. The molecule has 0 aromatic heterocycles. The Morgan fingerprint density at radius 3 is 0.743 bits per heavy atom. The zero-order valence-corrected chi connectivity index (χ0v) is 75.6. The minimum absolute atomic E-state index is 0.185. The van der Waals surface area contributed by atoms with Gasteiger partial charge < -0.3 is 93.6 Å². The molecule has 25 nitrogen and oxygen atoms in total. The van der Waals surface area contributed by atoms with Crippen molar-refractivity contribution in [3.63, 3.8) is 0 Å². The number of hydrogen-bond acceptors (Lipinski definition) is 19. The van der Waals surface area contributed by atoms with Crippen LogP contribution in [0.25, 0.3) is 36.5 Å². The molecular weight excluding hydrogens is 1840 g/mol. The average Bonchev–Trinajstić information content (AvgIpc) is 0.878. The number of hydrogen-bond donors (Lipinski definition) is 6. The number of nitrogens with one attached hydrogen (secondary N) is 6. The molecule has 696 valence electrons. The van der Waals surface area contributed by atoms with Crippen molar-refractivity contribution in [2.45, 2.75) is 6.18 Å². The molecule has 6 amide bonds. The molecule has 0 saturated heterocycles. The SMILES string of the molecule is CN(C)c1ccc(/C=C/C(=O)Nc2ccc3c(c2)OCCO3)cc1.O=C(/C=C/c1ccc(Br)cc1)Nc1ccc2c(c1)OCCO2.O=C(/C=C/c1ccc(C(F)(F)F)cc1)Nc1ccc2c(c1)OCCO2.O=C(/C=C/c1ccc(Cl)cc1)Nc1ccc2c(c1)OCCO2.O=C(/C=C/c1ccc(F)cc1)Nc1ccc2c(c1)OCCO2.O=C(/C=C/c1ccccc1)Nc1ccc2c(c1)OCCO2. The van der Waals surface area contributed by atoms with Crippen LogP contribution < -0.4 is 93.6 Å². The van der Waals surface area contributed by atoms with Crippen molar-refractivity contribution in [1.29, 1.82) is 0 Å². The van der Waals surface area contributed by atoms with E-state index < -0.39 is 17.6 Å². The summed E-state index contributed by atoms with van der Waals surface area (Å²) in [4.78, 5) is 73.6. The van der Waals surface area contributed by atoms with Gasteiger partial charge in [0.05, 0.1) is 5.56 Å². The van der Waals surface area contributed by atoms with Gasteiger partial charge in [0.2, 0.25) is 35.4 Å². The summed E-state index contributed by atoms with van der Waals surface area (Å²) in [6.07, 6.45) is 14.4. The predicted octanol–water partition coefficient (Wildman–Crippen LogP) is 21.3. The van der Waals surface area contributed by atoms with Gasteiger partial charge in [-0.25, -0.2) is 4.39 Å². The number of halogens is 6. The van der Waals surface area contributed by atoms with Crippen LogP contribution in [0.15, 0.2) is 302 Å². The van der Waals surface area contributed by atoms with E-state index in [2.05, 4.69) is 47.8 Å². The first kappa shape index (κ1) is 97.3. The summed E-state index contributed by atoms with van der Waals surface area (Å²) in [6.45, 7) is 6.23. The first-order chi connectivity index (χ1) is 65.9. The van der Waals surface area contributed by atoms with Gasteiger partial charge in [-0.3, -0.25) is 28.8 Å². The monoisotopic (exact) mass is 1930 g/mol. The summed E-state index contributed by atoms with van der Waals surface area (Å²) in [5, 5.41) is 17.3. The summed E-state index contributed by atoms with van der Waals surface area (Å²) in [5.41, 5.74) is 9.30. The Morgan fingerprint density at radius 2 is 0.500 bits per heavy atom. The second-order valence-corrected chi connectivity index (χ2v) is 31.1. The van der Waals surface area contributed by atoms with E-state index >= 15 is 0 Å². The summed E-state index contributed by atoms with van der Waals surface area (Å²) >= 11 is 9.19. The minimum Gasteiger partial charge on any atom is -0.486 e. The number of fused-ring (bicyclic) bond motifs is 6. The molecule has 6 heterocycles. The van der Waals surface area contributed by atoms with Gasteiger partial charge in [-0.1, -0.05) is 119 Å². The van der Waals surface area contributed by atoms with E-state index in [0.29, 0.717) is 193 Å². The number of benzene rings is 12. The number of anilines is 7. The Kier molecular flexibility index (Phi) is 35.3. The van der Waals surface area contributed by atoms with E-state index in [-0.39, 0.29) is 35.4 Å². The number of alkyl halides is 3. The van der Waals surface area contributed by atoms with Crippen molar-refractivity contribution >= 4 is 139 Å². The number of rotatable bonds is 19. The molecule has 0 saturated carbocycles. The lowest BCUT2D eigenvalue weighted by Crippen LogP contribution is -2.16. The van der Waals surface area contributed by atoms with Gasteiger partial charge >= 0.3 is 6.18 Å². The van der Waals surface area contributed by atoms with Crippen LogP contribution >= 0.6 is 27.5 Å². The number of carbonyl (C=O) groups excluding carboxylic acids is 6. The molecule has 31 heteroatoms. The van der Waals surface area contributed by atoms with Gasteiger partial charge in [0, 0.05) is 136 Å². The Hall–Kier alpha value is -16.2. The Balaban J connectivity index is 0.000000138. The van der Waals surface area contributed by atoms with Crippen LogP contribution in [-0.2, 0) is 34.9 Å². The highest BCUT2D eigenvalue weighted by atomic mass is 79.9. The molecule has 0 radical (unpaired) electrons. The van der Waals surface area contributed by atoms with E-state index in [9.17, 15) is 46.3 Å². The second-order valence-electron chi connectivity index (χ2n) is 29.8. The molecule has 0 spiro atoms. The Labute approximate surface area is 794 Å². The van der Waals surface area contributed by atoms with Crippen molar-refractivity contribution < 1.29 is 103 Å². The third kappa shape index (κ3) is 31.5. The number of carbonyl (C=O) groups is 6. The zero-order valence-electron chi connectivity index (χ0n) is 73.3. The van der Waals surface area contributed by atoms with Gasteiger partial charge in [0.25, 0.3) is 0 Å². The highest BCUT2D eigenvalue weighted by Crippen LogP contribution is 2.39. The van der Waals surface area contributed by atoms with Crippen molar-refractivity contribution in [2.75, 3.05) is 130 Å². The molecule has 18 rings (SSSR count). The molecule has 6 N–H and O–H groups in total. The summed E-state index contributed by atoms with van der Waals surface area (Å²) in [7, 11) is 3.98. The van der Waals surface area contributed by atoms with Crippen LogP contribution in [0.1, 0.15) is 38.9 Å². The van der Waals surface area contributed by atoms with E-state index in [1.165, 1.54) is 66.8 Å². The summed E-state index contributed by atoms with van der Waals surface area (Å²) in [5.74, 6) is 6.10. The molecule has 12 aromatic rings. The number of nitrogens with zero attached hydrogens (tertiary/aromatic N) is 1. The van der Waals surface area contributed by atoms with Crippen molar-refractivity contribution in [1.82, 2.24) is 0 Å².